The molecule has 2 heterocycles. The van der Waals surface area contributed by atoms with Gasteiger partial charge in [0.1, 0.15) is 12.2 Å². The predicted molar refractivity (Wildman–Crippen MR) is 333 cm³/mol. The van der Waals surface area contributed by atoms with E-state index in [4.69, 9.17) is 58.4 Å². The molecule has 2 saturated heterocycles. The molecule has 93 heavy (non-hydrogen) atoms. The molecule has 0 aromatic heterocycles. The smallest absolute Gasteiger partial charge is 0.167 e. The number of hydrogen-bond acceptors (Lipinski definition) is 19. The van der Waals surface area contributed by atoms with E-state index in [1.807, 2.05) is 121 Å². The Hall–Kier alpha value is -9.34. The molecule has 8 rings (SSSR count). The van der Waals surface area contributed by atoms with E-state index >= 15 is 0 Å². The lowest BCUT2D eigenvalue weighted by Crippen LogP contribution is -2.60. The number of nitrogens with zero attached hydrogens (tertiary/aromatic N) is 24. The molecule has 4 fully saturated rings. The maximum atomic E-state index is 9.49. The second kappa shape index (κ2) is 39.8. The molecule has 1 N–H and O–H groups in total. The highest BCUT2D eigenvalue weighted by atomic mass is 16.7. The summed E-state index contributed by atoms with van der Waals surface area (Å²) in [5.41, 5.74) is 78.2. The molecule has 488 valence electrons. The molecular formula is C58H70N24O11. The van der Waals surface area contributed by atoms with Crippen LogP contribution in [-0.2, 0) is 73.8 Å². The van der Waals surface area contributed by atoms with Gasteiger partial charge in [0.15, 0.2) is 12.6 Å². The van der Waals surface area contributed by atoms with Gasteiger partial charge in [-0.25, -0.2) is 0 Å². The normalized spacial score (nSPS) is 28.6. The Morgan fingerprint density at radius 3 is 1.08 bits per heavy atom. The molecular weight excluding hydrogens is 1210 g/mol. The first-order chi connectivity index (χ1) is 45.7. The van der Waals surface area contributed by atoms with Crippen LogP contribution in [0.5, 0.6) is 0 Å². The van der Waals surface area contributed by atoms with Gasteiger partial charge in [0, 0.05) is 52.5 Å². The molecule has 0 bridgehead atoms. The van der Waals surface area contributed by atoms with E-state index in [2.05, 4.69) is 86.8 Å². The van der Waals surface area contributed by atoms with Crippen LogP contribution in [0.3, 0.4) is 0 Å². The summed E-state index contributed by atoms with van der Waals surface area (Å²) in [7, 11) is 0. The van der Waals surface area contributed by atoms with Crippen LogP contribution in [-0.4, -0.2) is 148 Å². The van der Waals surface area contributed by atoms with Crippen LogP contribution in [0.2, 0.25) is 0 Å². The number of ether oxygens (including phenoxy) is 10. The van der Waals surface area contributed by atoms with Crippen molar-refractivity contribution in [2.24, 2.45) is 40.9 Å². The average molecular weight is 1280 g/mol. The Morgan fingerprint density at radius 1 is 0.409 bits per heavy atom. The number of rotatable bonds is 33. The lowest BCUT2D eigenvalue weighted by atomic mass is 9.84. The van der Waals surface area contributed by atoms with Crippen molar-refractivity contribution < 1.29 is 52.5 Å². The topological polar surface area (TPSA) is 503 Å². The first-order valence-electron chi connectivity index (χ1n) is 29.7. The van der Waals surface area contributed by atoms with E-state index in [1.54, 1.807) is 6.08 Å². The Balaban J connectivity index is 0.000000264. The maximum Gasteiger partial charge on any atom is 0.167 e. The van der Waals surface area contributed by atoms with Gasteiger partial charge in [-0.3, -0.25) is 0 Å². The Kier molecular flexibility index (Phi) is 30.4. The molecule has 35 heteroatoms. The highest BCUT2D eigenvalue weighted by Gasteiger charge is 2.52. The standard InChI is InChI=1S/C29H36N12O6.C29H34N12O5/c30-38-34-16-25-24(44-17-19-8-3-1-4-9-19)15-23(37-41-33)29(46-25)47-27-22(36-40-32)14-21(35-39-31)26(43-13-7-12-42)28(27)45-18-20-10-5-2-6-11-20;1-2-13-42-26-21(35-39-31)14-22(36-40-32)27(28(26)44-18-20-11-7-4-8-12-20)46-29-23(37-41-33)15-24(25(45-29)16-34-38-30)43-17-19-9-5-3-6-10-19/h1-6,8-11,21-29,42H,7,12-18H2;2-12,21-29H,1,13-18H2/t2*21-,22+,23-,24+,25-,26+,27-,28-,29-/m11/s1. The van der Waals surface area contributed by atoms with Crippen molar-refractivity contribution in [1.82, 2.24) is 0 Å². The number of azide groups is 8. The largest absolute Gasteiger partial charge is 0.396 e. The molecule has 4 aliphatic rings. The molecule has 0 unspecified atom stereocenters. The highest BCUT2D eigenvalue weighted by molar-refractivity contribution is 5.17. The Bertz CT molecular complexity index is 3350. The van der Waals surface area contributed by atoms with E-state index in [1.165, 1.54) is 0 Å². The van der Waals surface area contributed by atoms with Gasteiger partial charge in [0.05, 0.1) is 131 Å². The van der Waals surface area contributed by atoms with Gasteiger partial charge < -0.3 is 52.5 Å². The minimum atomic E-state index is -1.19. The van der Waals surface area contributed by atoms with Crippen molar-refractivity contribution >= 4 is 0 Å². The molecule has 18 atom stereocenters. The number of aliphatic hydroxyl groups is 1. The van der Waals surface area contributed by atoms with Crippen LogP contribution in [0.25, 0.3) is 83.5 Å². The quantitative estimate of drug-likeness (QED) is 0.0153. The summed E-state index contributed by atoms with van der Waals surface area (Å²) < 4.78 is 62.8. The molecule has 0 spiro atoms. The van der Waals surface area contributed by atoms with Gasteiger partial charge in [-0.1, -0.05) is 168 Å². The van der Waals surface area contributed by atoms with Crippen molar-refractivity contribution in [3.63, 3.8) is 0 Å². The van der Waals surface area contributed by atoms with Crippen molar-refractivity contribution in [2.45, 2.75) is 168 Å². The fourth-order valence-corrected chi connectivity index (χ4v) is 11.2. The lowest BCUT2D eigenvalue weighted by molar-refractivity contribution is -0.280. The highest BCUT2D eigenvalue weighted by Crippen LogP contribution is 2.39. The van der Waals surface area contributed by atoms with E-state index in [-0.39, 0.29) is 85.0 Å². The fraction of sp³-hybridized carbons (Fsp3) is 0.552. The van der Waals surface area contributed by atoms with Crippen molar-refractivity contribution in [1.29, 1.82) is 0 Å². The van der Waals surface area contributed by atoms with Crippen LogP contribution < -0.4 is 0 Å². The van der Waals surface area contributed by atoms with Crippen LogP contribution >= 0.6 is 0 Å². The molecule has 35 nitrogen and oxygen atoms in total. The minimum absolute atomic E-state index is 0.0532. The van der Waals surface area contributed by atoms with Gasteiger partial charge in [0.2, 0.25) is 0 Å². The third-order valence-electron chi connectivity index (χ3n) is 15.4. The average Bonchev–Trinajstić information content (AvgIpc) is 0.979. The van der Waals surface area contributed by atoms with Gasteiger partial charge in [0.25, 0.3) is 0 Å². The molecule has 0 amide bonds. The van der Waals surface area contributed by atoms with Crippen molar-refractivity contribution in [3.05, 3.63) is 240 Å². The summed E-state index contributed by atoms with van der Waals surface area (Å²) in [5, 5.41) is 40.4. The second-order valence-electron chi connectivity index (χ2n) is 21.4. The predicted octanol–water partition coefficient (Wildman–Crippen LogP) is 13.2. The molecule has 4 aromatic carbocycles. The summed E-state index contributed by atoms with van der Waals surface area (Å²) in [6.45, 7) is 4.37. The van der Waals surface area contributed by atoms with Gasteiger partial charge in [-0.15, -0.1) is 6.58 Å². The van der Waals surface area contributed by atoms with Crippen molar-refractivity contribution in [3.8, 4) is 0 Å². The van der Waals surface area contributed by atoms with E-state index < -0.39 is 110 Å². The fourth-order valence-electron chi connectivity index (χ4n) is 11.2. The first-order valence-corrected chi connectivity index (χ1v) is 29.7. The van der Waals surface area contributed by atoms with E-state index in [0.29, 0.717) is 6.42 Å². The summed E-state index contributed by atoms with van der Waals surface area (Å²) in [6, 6.07) is 32.5. The molecule has 2 aliphatic carbocycles. The zero-order valence-electron chi connectivity index (χ0n) is 50.4. The van der Waals surface area contributed by atoms with Gasteiger partial charge in [-0.2, -0.15) is 0 Å². The SMILES string of the molecule is C=CCO[C@@H]1[C@@H](OCc2ccccc2)[C@H](O[C@H]2O[C@H](CN=[N+]=[N-])[C@@H](OCc3ccccc3)C[C@H]2N=[N+]=[N-])[C@@H](N=[N+]=[N-])C[C@H]1N=[N+]=[N-].[N-]=[N+]=NC[C@H]1O[C@H](O[C@H]2[C@H](OCc3ccccc3)[C@@H](OCCCO)[C@H](N=[N+]=[N-])C[C@@H]2N=[N+]=[N-])[C@H](N=[N+]=[N-])C[C@@H]1OCc1ccccc1. The van der Waals surface area contributed by atoms with Crippen molar-refractivity contribution in [2.75, 3.05) is 32.9 Å². The zero-order valence-corrected chi connectivity index (χ0v) is 50.4. The summed E-state index contributed by atoms with van der Waals surface area (Å²) >= 11 is 0. The van der Waals surface area contributed by atoms with Crippen LogP contribution in [0.4, 0.5) is 0 Å². The zero-order chi connectivity index (χ0) is 65.8. The number of aliphatic hydroxyl groups excluding tert-OH is 1. The van der Waals surface area contributed by atoms with Crippen LogP contribution in [0.15, 0.2) is 175 Å². The molecule has 4 aromatic rings. The third-order valence-corrected chi connectivity index (χ3v) is 15.4. The van der Waals surface area contributed by atoms with Gasteiger partial charge in [-0.05, 0) is 98.6 Å². The molecule has 2 aliphatic heterocycles. The minimum Gasteiger partial charge on any atom is -0.396 e. The monoisotopic (exact) mass is 1280 g/mol. The summed E-state index contributed by atoms with van der Waals surface area (Å²) in [6.07, 6.45) is -8.40. The van der Waals surface area contributed by atoms with Gasteiger partial charge >= 0.3 is 0 Å². The Morgan fingerprint density at radius 2 is 0.742 bits per heavy atom. The van der Waals surface area contributed by atoms with E-state index in [0.717, 1.165) is 22.3 Å². The number of benzene rings is 4. The van der Waals surface area contributed by atoms with Crippen LogP contribution in [0, 0.1) is 0 Å². The third kappa shape index (κ3) is 21.6. The first kappa shape index (κ1) is 71.1. The molecule has 0 radical (unpaired) electrons. The summed E-state index contributed by atoms with van der Waals surface area (Å²) in [4.78, 5) is 23.7. The Labute approximate surface area is 532 Å². The summed E-state index contributed by atoms with van der Waals surface area (Å²) in [5.74, 6) is 0. The van der Waals surface area contributed by atoms with Crippen LogP contribution in [0.1, 0.15) is 54.4 Å². The second-order valence-corrected chi connectivity index (χ2v) is 21.4. The maximum absolute atomic E-state index is 9.49. The number of hydrogen-bond donors (Lipinski definition) is 1. The van der Waals surface area contributed by atoms with E-state index in [9.17, 15) is 38.3 Å². The molecule has 2 saturated carbocycles. The lowest BCUT2D eigenvalue weighted by Gasteiger charge is -2.47.